The van der Waals surface area contributed by atoms with Gasteiger partial charge in [-0.1, -0.05) is 197 Å². The van der Waals surface area contributed by atoms with Gasteiger partial charge in [0.25, 0.3) is 0 Å². The molecular weight excluding hydrogens is 849 g/mol. The van der Waals surface area contributed by atoms with E-state index in [9.17, 15) is 0 Å². The zero-order chi connectivity index (χ0) is 50.1. The van der Waals surface area contributed by atoms with Crippen molar-refractivity contribution in [1.82, 2.24) is 0 Å². The van der Waals surface area contributed by atoms with Crippen molar-refractivity contribution in [2.75, 3.05) is 0 Å². The summed E-state index contributed by atoms with van der Waals surface area (Å²) >= 11 is 0. The highest BCUT2D eigenvalue weighted by Gasteiger charge is 2.42. The number of hydrogen-bond donors (Lipinski definition) is 0. The highest BCUT2D eigenvalue weighted by atomic mass is 28.3. The second-order valence-electron chi connectivity index (χ2n) is 21.5. The van der Waals surface area contributed by atoms with Gasteiger partial charge >= 0.3 is 0 Å². The molecule has 0 fully saturated rings. The second kappa shape index (κ2) is 30.1. The van der Waals surface area contributed by atoms with Crippen molar-refractivity contribution in [1.29, 1.82) is 0 Å². The molecule has 0 radical (unpaired) electrons. The van der Waals surface area contributed by atoms with Gasteiger partial charge < -0.3 is 0 Å². The van der Waals surface area contributed by atoms with Gasteiger partial charge in [-0.2, -0.15) is 0 Å². The van der Waals surface area contributed by atoms with Gasteiger partial charge in [-0.3, -0.25) is 0 Å². The normalized spacial score (nSPS) is 11.2. The van der Waals surface area contributed by atoms with Crippen molar-refractivity contribution in [3.05, 3.63) is 105 Å². The number of hydrogen-bond acceptors (Lipinski definition) is 0. The van der Waals surface area contributed by atoms with Crippen LogP contribution in [0.4, 0.5) is 0 Å². The first-order valence-corrected chi connectivity index (χ1v) is 31.5. The molecule has 362 valence electrons. The van der Waals surface area contributed by atoms with Crippen molar-refractivity contribution >= 4 is 16.1 Å². The average molecular weight is 940 g/mol. The standard InChI is InChI=1S/C66H90Si2/c1-16-19-22-25-32-58-43-61(35-28-30-37-63-45-59(33-26-23-20-17-2)48-65(50-63)39-41-67(52(4)5,53(6)7)54(8)9)47-62(44-58)36-29-31-38-64-46-60(34-27-24-21-18-3)49-66(51-64)40-42-68(55(10)11,56(12)13)57(14)15/h43-57H,16-27,32-34H2,1-15H3. The SMILES string of the molecule is CCCCCCc1cc(C#CC#Cc2cc(C#C[Si](C(C)C)(C(C)C)C(C)C)cc(CCCCCC)c2)cc(C#CC#Cc2cc(C#C[Si](C(C)C)(C(C)C)C(C)C)cc(CCCCCC)c2)c1. The molecule has 3 aromatic rings. The Morgan fingerprint density at radius 2 is 0.515 bits per heavy atom. The molecule has 0 aromatic heterocycles. The number of aryl methyl sites for hydroxylation is 3. The van der Waals surface area contributed by atoms with Crippen LogP contribution in [-0.4, -0.2) is 16.1 Å². The number of benzene rings is 3. The van der Waals surface area contributed by atoms with Gasteiger partial charge in [0.1, 0.15) is 16.1 Å². The van der Waals surface area contributed by atoms with E-state index in [-0.39, 0.29) is 0 Å². The van der Waals surface area contributed by atoms with Crippen LogP contribution in [0.5, 0.6) is 0 Å². The van der Waals surface area contributed by atoms with E-state index in [2.05, 4.69) is 229 Å². The molecule has 0 aliphatic rings. The van der Waals surface area contributed by atoms with E-state index in [1.165, 1.54) is 87.3 Å². The van der Waals surface area contributed by atoms with Gasteiger partial charge in [0.15, 0.2) is 0 Å². The van der Waals surface area contributed by atoms with Crippen molar-refractivity contribution in [2.45, 2.75) is 233 Å². The van der Waals surface area contributed by atoms with Crippen LogP contribution in [0.1, 0.15) is 231 Å². The minimum atomic E-state index is -1.87. The van der Waals surface area contributed by atoms with Crippen LogP contribution in [0.2, 0.25) is 33.2 Å². The highest BCUT2D eigenvalue weighted by molar-refractivity contribution is 6.91. The molecule has 0 spiro atoms. The number of rotatable bonds is 21. The predicted octanol–water partition coefficient (Wildman–Crippen LogP) is 18.0. The minimum absolute atomic E-state index is 0.592. The van der Waals surface area contributed by atoms with Crippen LogP contribution < -0.4 is 0 Å². The zero-order valence-corrected chi connectivity index (χ0v) is 47.8. The molecule has 68 heavy (non-hydrogen) atoms. The Morgan fingerprint density at radius 3 is 0.721 bits per heavy atom. The fourth-order valence-corrected chi connectivity index (χ4v) is 21.3. The Bertz CT molecular complexity index is 2230. The maximum atomic E-state index is 3.95. The summed E-state index contributed by atoms with van der Waals surface area (Å²) in [6.07, 6.45) is 17.9. The third kappa shape index (κ3) is 18.1. The maximum Gasteiger partial charge on any atom is 0.146 e. The van der Waals surface area contributed by atoms with E-state index >= 15 is 0 Å². The Kier molecular flexibility index (Phi) is 25.6. The summed E-state index contributed by atoms with van der Waals surface area (Å²) in [5, 5.41) is 0. The second-order valence-corrected chi connectivity index (χ2v) is 32.6. The fraction of sp³-hybridized carbons (Fsp3) is 0.545. The first-order chi connectivity index (χ1) is 32.5. The quantitative estimate of drug-likeness (QED) is 0.0567. The molecule has 0 saturated carbocycles. The van der Waals surface area contributed by atoms with Crippen LogP contribution in [0.15, 0.2) is 54.6 Å². The Morgan fingerprint density at radius 1 is 0.294 bits per heavy atom. The Hall–Kier alpha value is -4.55. The lowest BCUT2D eigenvalue weighted by Crippen LogP contribution is -2.43. The summed E-state index contributed by atoms with van der Waals surface area (Å²) < 4.78 is 0. The molecule has 0 atom stereocenters. The molecule has 0 saturated heterocycles. The van der Waals surface area contributed by atoms with Crippen molar-refractivity contribution in [3.8, 4) is 70.3 Å². The van der Waals surface area contributed by atoms with E-state index in [4.69, 9.17) is 0 Å². The molecular formula is C66H90Si2. The number of unbranched alkanes of at least 4 members (excludes halogenated alkanes) is 9. The van der Waals surface area contributed by atoms with Gasteiger partial charge in [0.05, 0.1) is 0 Å². The van der Waals surface area contributed by atoms with Crippen LogP contribution in [-0.2, 0) is 19.3 Å². The molecule has 0 bridgehead atoms. The average Bonchev–Trinajstić information content (AvgIpc) is 3.28. The van der Waals surface area contributed by atoms with Crippen LogP contribution in [0.3, 0.4) is 0 Å². The van der Waals surface area contributed by atoms with Crippen molar-refractivity contribution < 1.29 is 0 Å². The summed E-state index contributed by atoms with van der Waals surface area (Å²) in [5.41, 5.74) is 21.4. The summed E-state index contributed by atoms with van der Waals surface area (Å²) in [6, 6.07) is 20.0. The summed E-state index contributed by atoms with van der Waals surface area (Å²) in [7, 11) is -3.73. The van der Waals surface area contributed by atoms with E-state index in [1.54, 1.807) is 0 Å². The fourth-order valence-electron chi connectivity index (χ4n) is 10.9. The molecule has 0 aliphatic carbocycles. The van der Waals surface area contributed by atoms with Gasteiger partial charge in [-0.15, -0.1) is 11.1 Å². The van der Waals surface area contributed by atoms with Gasteiger partial charge in [-0.05, 0) is 167 Å². The summed E-state index contributed by atoms with van der Waals surface area (Å²) in [6.45, 7) is 35.4. The largest absolute Gasteiger partial charge is 0.146 e. The lowest BCUT2D eigenvalue weighted by Gasteiger charge is -2.38. The molecule has 0 amide bonds. The van der Waals surface area contributed by atoms with Gasteiger partial charge in [-0.25, -0.2) is 0 Å². The molecule has 0 aliphatic heterocycles. The molecule has 0 heterocycles. The third-order valence-electron chi connectivity index (χ3n) is 14.5. The molecule has 0 nitrogen and oxygen atoms in total. The highest BCUT2D eigenvalue weighted by Crippen LogP contribution is 2.42. The monoisotopic (exact) mass is 939 g/mol. The Labute approximate surface area is 422 Å². The first kappa shape index (κ1) is 57.8. The van der Waals surface area contributed by atoms with Crippen LogP contribution in [0.25, 0.3) is 0 Å². The summed E-state index contributed by atoms with van der Waals surface area (Å²) in [5.74, 6) is 33.9. The van der Waals surface area contributed by atoms with E-state index in [0.29, 0.717) is 33.2 Å². The maximum absolute atomic E-state index is 3.95. The van der Waals surface area contributed by atoms with Crippen LogP contribution >= 0.6 is 0 Å². The molecule has 2 heteroatoms. The van der Waals surface area contributed by atoms with E-state index in [1.807, 2.05) is 0 Å². The topological polar surface area (TPSA) is 0 Å². The molecule has 3 aromatic carbocycles. The smallest absolute Gasteiger partial charge is 0.125 e. The van der Waals surface area contributed by atoms with E-state index < -0.39 is 16.1 Å². The third-order valence-corrected chi connectivity index (χ3v) is 27.0. The lowest BCUT2D eigenvalue weighted by atomic mass is 10.0. The van der Waals surface area contributed by atoms with Crippen molar-refractivity contribution in [2.24, 2.45) is 0 Å². The van der Waals surface area contributed by atoms with E-state index in [0.717, 1.165) is 59.1 Å². The van der Waals surface area contributed by atoms with Crippen LogP contribution in [0, 0.1) is 70.3 Å². The summed E-state index contributed by atoms with van der Waals surface area (Å²) in [4.78, 5) is 0. The molecule has 0 unspecified atom stereocenters. The molecule has 0 N–H and O–H groups in total. The van der Waals surface area contributed by atoms with Crippen molar-refractivity contribution in [3.63, 3.8) is 0 Å². The first-order valence-electron chi connectivity index (χ1n) is 27.0. The predicted molar refractivity (Wildman–Crippen MR) is 306 cm³/mol. The van der Waals surface area contributed by atoms with Gasteiger partial charge in [0, 0.05) is 33.4 Å². The molecule has 3 rings (SSSR count). The van der Waals surface area contributed by atoms with Gasteiger partial charge in [0.2, 0.25) is 0 Å². The zero-order valence-electron chi connectivity index (χ0n) is 45.8. The minimum Gasteiger partial charge on any atom is -0.125 e. The Balaban J connectivity index is 2.05. The lowest BCUT2D eigenvalue weighted by molar-refractivity contribution is 0.667.